The SMILES string of the molecule is O=C1C[C@H](c2ccccc2)Cc2[nH]c3ccccc3c(=O)c21. The van der Waals surface area contributed by atoms with Gasteiger partial charge in [-0.25, -0.2) is 0 Å². The molecule has 3 nitrogen and oxygen atoms in total. The van der Waals surface area contributed by atoms with Crippen LogP contribution < -0.4 is 5.43 Å². The fraction of sp³-hybridized carbons (Fsp3) is 0.158. The summed E-state index contributed by atoms with van der Waals surface area (Å²) in [4.78, 5) is 28.4. The zero-order valence-corrected chi connectivity index (χ0v) is 12.0. The summed E-state index contributed by atoms with van der Waals surface area (Å²) >= 11 is 0. The third kappa shape index (κ3) is 1.98. The molecule has 1 aromatic heterocycles. The zero-order chi connectivity index (χ0) is 15.1. The van der Waals surface area contributed by atoms with E-state index in [0.29, 0.717) is 23.8 Å². The summed E-state index contributed by atoms with van der Waals surface area (Å²) < 4.78 is 0. The summed E-state index contributed by atoms with van der Waals surface area (Å²) in [6.45, 7) is 0. The Labute approximate surface area is 127 Å². The van der Waals surface area contributed by atoms with Crippen molar-refractivity contribution >= 4 is 16.7 Å². The Morgan fingerprint density at radius 2 is 1.59 bits per heavy atom. The lowest BCUT2D eigenvalue weighted by molar-refractivity contribution is 0.0962. The highest BCUT2D eigenvalue weighted by molar-refractivity contribution is 6.01. The van der Waals surface area contributed by atoms with Gasteiger partial charge >= 0.3 is 0 Å². The second-order valence-electron chi connectivity index (χ2n) is 5.79. The minimum absolute atomic E-state index is 0.0536. The van der Waals surface area contributed by atoms with Gasteiger partial charge in [0.15, 0.2) is 11.2 Å². The van der Waals surface area contributed by atoms with E-state index in [1.54, 1.807) is 6.07 Å². The van der Waals surface area contributed by atoms with Crippen LogP contribution in [0, 0.1) is 0 Å². The van der Waals surface area contributed by atoms with E-state index in [4.69, 9.17) is 0 Å². The van der Waals surface area contributed by atoms with E-state index < -0.39 is 0 Å². The van der Waals surface area contributed by atoms with Gasteiger partial charge in [0.25, 0.3) is 0 Å². The van der Waals surface area contributed by atoms with Crippen molar-refractivity contribution in [2.45, 2.75) is 18.8 Å². The Morgan fingerprint density at radius 1 is 0.864 bits per heavy atom. The highest BCUT2D eigenvalue weighted by atomic mass is 16.1. The number of H-pyrrole nitrogens is 1. The van der Waals surface area contributed by atoms with Gasteiger partial charge in [0, 0.05) is 23.0 Å². The minimum Gasteiger partial charge on any atom is -0.358 e. The Bertz CT molecular complexity index is 925. The van der Waals surface area contributed by atoms with Gasteiger partial charge in [0.05, 0.1) is 5.56 Å². The van der Waals surface area contributed by atoms with Crippen molar-refractivity contribution in [3.05, 3.63) is 81.6 Å². The highest BCUT2D eigenvalue weighted by Crippen LogP contribution is 2.31. The molecule has 0 unspecified atom stereocenters. The van der Waals surface area contributed by atoms with Gasteiger partial charge in [-0.05, 0) is 30.0 Å². The molecule has 3 aromatic rings. The molecule has 2 aromatic carbocycles. The molecule has 1 atom stereocenters. The number of carbonyl (C=O) groups excluding carboxylic acids is 1. The molecule has 3 heteroatoms. The number of aromatic amines is 1. The summed E-state index contributed by atoms with van der Waals surface area (Å²) in [5.41, 5.74) is 2.93. The monoisotopic (exact) mass is 289 g/mol. The third-order valence-electron chi connectivity index (χ3n) is 4.42. The summed E-state index contributed by atoms with van der Waals surface area (Å²) in [6.07, 6.45) is 1.10. The fourth-order valence-corrected chi connectivity index (χ4v) is 3.34. The van der Waals surface area contributed by atoms with Crippen LogP contribution in [0.4, 0.5) is 0 Å². The van der Waals surface area contributed by atoms with E-state index in [9.17, 15) is 9.59 Å². The molecule has 4 rings (SSSR count). The van der Waals surface area contributed by atoms with Crippen molar-refractivity contribution in [3.8, 4) is 0 Å². The summed E-state index contributed by atoms with van der Waals surface area (Å²) in [6, 6.07) is 17.4. The van der Waals surface area contributed by atoms with Gasteiger partial charge in [-0.3, -0.25) is 9.59 Å². The molecule has 1 aliphatic rings. The van der Waals surface area contributed by atoms with Gasteiger partial charge in [-0.15, -0.1) is 0 Å². The lowest BCUT2D eigenvalue weighted by Crippen LogP contribution is -2.27. The first-order chi connectivity index (χ1) is 10.7. The molecule has 0 amide bonds. The molecule has 0 saturated carbocycles. The fourth-order valence-electron chi connectivity index (χ4n) is 3.34. The van der Waals surface area contributed by atoms with Crippen LogP contribution in [0.15, 0.2) is 59.4 Å². The molecule has 0 spiro atoms. The van der Waals surface area contributed by atoms with Crippen molar-refractivity contribution in [3.63, 3.8) is 0 Å². The van der Waals surface area contributed by atoms with E-state index >= 15 is 0 Å². The first-order valence-corrected chi connectivity index (χ1v) is 7.46. The summed E-state index contributed by atoms with van der Waals surface area (Å²) in [5, 5.41) is 0.591. The van der Waals surface area contributed by atoms with Crippen molar-refractivity contribution in [2.24, 2.45) is 0 Å². The molecule has 0 saturated heterocycles. The van der Waals surface area contributed by atoms with Gasteiger partial charge in [0.1, 0.15) is 0 Å². The van der Waals surface area contributed by atoms with Crippen LogP contribution >= 0.6 is 0 Å². The number of fused-ring (bicyclic) bond motifs is 2. The average Bonchev–Trinajstić information content (AvgIpc) is 2.55. The van der Waals surface area contributed by atoms with Crippen molar-refractivity contribution in [1.82, 2.24) is 4.98 Å². The predicted molar refractivity (Wildman–Crippen MR) is 86.4 cm³/mol. The summed E-state index contributed by atoms with van der Waals surface area (Å²) in [5.74, 6) is 0.0834. The van der Waals surface area contributed by atoms with E-state index in [0.717, 1.165) is 16.8 Å². The normalized spacial score (nSPS) is 17.5. The van der Waals surface area contributed by atoms with Gasteiger partial charge in [-0.2, -0.15) is 0 Å². The van der Waals surface area contributed by atoms with Crippen molar-refractivity contribution in [1.29, 1.82) is 0 Å². The number of carbonyl (C=O) groups is 1. The van der Waals surface area contributed by atoms with Crippen LogP contribution in [0.1, 0.15) is 34.0 Å². The number of para-hydroxylation sites is 1. The number of benzene rings is 2. The number of hydrogen-bond donors (Lipinski definition) is 1. The Balaban J connectivity index is 1.88. The maximum Gasteiger partial charge on any atom is 0.200 e. The molecular weight excluding hydrogens is 274 g/mol. The molecule has 22 heavy (non-hydrogen) atoms. The van der Waals surface area contributed by atoms with Crippen LogP contribution in [0.2, 0.25) is 0 Å². The van der Waals surface area contributed by atoms with Gasteiger partial charge in [-0.1, -0.05) is 42.5 Å². The number of rotatable bonds is 1. The third-order valence-corrected chi connectivity index (χ3v) is 4.42. The quantitative estimate of drug-likeness (QED) is 0.746. The largest absolute Gasteiger partial charge is 0.358 e. The lowest BCUT2D eigenvalue weighted by Gasteiger charge is -2.23. The molecule has 0 radical (unpaired) electrons. The van der Waals surface area contributed by atoms with Crippen LogP contribution in [0.25, 0.3) is 10.9 Å². The first kappa shape index (κ1) is 13.0. The topological polar surface area (TPSA) is 49.9 Å². The Morgan fingerprint density at radius 3 is 2.41 bits per heavy atom. The maximum atomic E-state index is 12.6. The number of nitrogens with one attached hydrogen (secondary N) is 1. The zero-order valence-electron chi connectivity index (χ0n) is 12.0. The minimum atomic E-state index is -0.138. The number of Topliss-reactive ketones (excluding diaryl/α,β-unsaturated/α-hetero) is 1. The predicted octanol–water partition coefficient (Wildman–Crippen LogP) is 3.44. The molecule has 0 aliphatic heterocycles. The average molecular weight is 289 g/mol. The molecule has 1 aliphatic carbocycles. The highest BCUT2D eigenvalue weighted by Gasteiger charge is 2.29. The van der Waals surface area contributed by atoms with Crippen molar-refractivity contribution in [2.75, 3.05) is 0 Å². The van der Waals surface area contributed by atoms with Gasteiger partial charge < -0.3 is 4.98 Å². The van der Waals surface area contributed by atoms with Crippen LogP contribution in [0.5, 0.6) is 0 Å². The molecule has 108 valence electrons. The van der Waals surface area contributed by atoms with Crippen LogP contribution in [-0.4, -0.2) is 10.8 Å². The molecular formula is C19H15NO2. The van der Waals surface area contributed by atoms with Crippen LogP contribution in [-0.2, 0) is 6.42 Å². The maximum absolute atomic E-state index is 12.6. The van der Waals surface area contributed by atoms with E-state index in [1.165, 1.54) is 0 Å². The number of pyridine rings is 1. The molecule has 0 bridgehead atoms. The number of hydrogen-bond acceptors (Lipinski definition) is 2. The number of ketones is 1. The van der Waals surface area contributed by atoms with Crippen molar-refractivity contribution < 1.29 is 4.79 Å². The van der Waals surface area contributed by atoms with Crippen LogP contribution in [0.3, 0.4) is 0 Å². The van der Waals surface area contributed by atoms with E-state index in [-0.39, 0.29) is 17.1 Å². The second-order valence-corrected chi connectivity index (χ2v) is 5.79. The smallest absolute Gasteiger partial charge is 0.200 e. The molecule has 1 N–H and O–H groups in total. The lowest BCUT2D eigenvalue weighted by atomic mass is 9.81. The van der Waals surface area contributed by atoms with E-state index in [1.807, 2.05) is 48.5 Å². The summed E-state index contributed by atoms with van der Waals surface area (Å²) in [7, 11) is 0. The van der Waals surface area contributed by atoms with Gasteiger partial charge in [0.2, 0.25) is 0 Å². The standard InChI is InChI=1S/C19H15NO2/c21-17-11-13(12-6-2-1-3-7-12)10-16-18(17)19(22)14-8-4-5-9-15(14)20-16/h1-9,13H,10-11H2,(H,20,22)/t13-/m1/s1. The van der Waals surface area contributed by atoms with E-state index in [2.05, 4.69) is 4.98 Å². The second kappa shape index (κ2) is 4.95. The number of aromatic nitrogens is 1. The molecule has 1 heterocycles. The Kier molecular flexibility index (Phi) is 2.93. The Hall–Kier alpha value is -2.68. The first-order valence-electron chi connectivity index (χ1n) is 7.46. The molecule has 0 fully saturated rings.